The second-order valence-corrected chi connectivity index (χ2v) is 5.50. The van der Waals surface area contributed by atoms with Gasteiger partial charge < -0.3 is 15.0 Å². The highest BCUT2D eigenvalue weighted by Gasteiger charge is 2.22. The molecule has 5 nitrogen and oxygen atoms in total. The zero-order valence-corrected chi connectivity index (χ0v) is 12.9. The van der Waals surface area contributed by atoms with Crippen molar-refractivity contribution in [1.29, 1.82) is 0 Å². The van der Waals surface area contributed by atoms with Gasteiger partial charge in [-0.3, -0.25) is 0 Å². The van der Waals surface area contributed by atoms with Gasteiger partial charge in [-0.1, -0.05) is 13.3 Å². The molecule has 0 spiro atoms. The monoisotopic (exact) mass is 266 g/mol. The van der Waals surface area contributed by atoms with Crippen molar-refractivity contribution < 1.29 is 4.74 Å². The molecule has 1 heterocycles. The quantitative estimate of drug-likeness (QED) is 0.820. The van der Waals surface area contributed by atoms with Gasteiger partial charge in [0.1, 0.15) is 18.8 Å². The average molecular weight is 266 g/mol. The highest BCUT2D eigenvalue weighted by atomic mass is 16.5. The SMILES string of the molecule is CCCc1c(NC)ncnc1OCC(C)(C)N(C)C. The van der Waals surface area contributed by atoms with Crippen LogP contribution in [0.25, 0.3) is 0 Å². The Balaban J connectivity index is 2.88. The maximum absolute atomic E-state index is 5.93. The summed E-state index contributed by atoms with van der Waals surface area (Å²) < 4.78 is 5.93. The van der Waals surface area contributed by atoms with Crippen molar-refractivity contribution in [1.82, 2.24) is 14.9 Å². The van der Waals surface area contributed by atoms with E-state index in [1.54, 1.807) is 6.33 Å². The minimum atomic E-state index is -0.0335. The molecular formula is C14H26N4O. The first-order valence-corrected chi connectivity index (χ1v) is 6.74. The Kier molecular flexibility index (Phi) is 5.54. The van der Waals surface area contributed by atoms with E-state index in [1.165, 1.54) is 0 Å². The Morgan fingerprint density at radius 1 is 1.32 bits per heavy atom. The summed E-state index contributed by atoms with van der Waals surface area (Å²) in [5.74, 6) is 1.55. The van der Waals surface area contributed by atoms with Crippen molar-refractivity contribution in [3.63, 3.8) is 0 Å². The molecule has 19 heavy (non-hydrogen) atoms. The number of ether oxygens (including phenoxy) is 1. The predicted molar refractivity (Wildman–Crippen MR) is 78.8 cm³/mol. The minimum absolute atomic E-state index is 0.0335. The first kappa shape index (κ1) is 15.7. The lowest BCUT2D eigenvalue weighted by Crippen LogP contribution is -2.43. The Morgan fingerprint density at radius 2 is 2.00 bits per heavy atom. The molecule has 1 aromatic heterocycles. The summed E-state index contributed by atoms with van der Waals surface area (Å²) in [6, 6.07) is 0. The molecule has 0 saturated carbocycles. The van der Waals surface area contributed by atoms with Gasteiger partial charge in [0, 0.05) is 12.6 Å². The predicted octanol–water partition coefficient (Wildman–Crippen LogP) is 2.19. The molecule has 1 rings (SSSR count). The van der Waals surface area contributed by atoms with Gasteiger partial charge in [0.25, 0.3) is 0 Å². The largest absolute Gasteiger partial charge is 0.475 e. The number of aromatic nitrogens is 2. The van der Waals surface area contributed by atoms with E-state index in [0.29, 0.717) is 12.5 Å². The van der Waals surface area contributed by atoms with Crippen LogP contribution in [0.1, 0.15) is 32.8 Å². The fourth-order valence-corrected chi connectivity index (χ4v) is 1.59. The van der Waals surface area contributed by atoms with Crippen LogP contribution >= 0.6 is 0 Å². The molecule has 1 aromatic rings. The maximum atomic E-state index is 5.93. The number of nitrogens with one attached hydrogen (secondary N) is 1. The van der Waals surface area contributed by atoms with Crippen LogP contribution in [-0.4, -0.2) is 48.2 Å². The van der Waals surface area contributed by atoms with Crippen molar-refractivity contribution in [2.75, 3.05) is 33.1 Å². The van der Waals surface area contributed by atoms with E-state index < -0.39 is 0 Å². The first-order valence-electron chi connectivity index (χ1n) is 6.74. The van der Waals surface area contributed by atoms with Crippen LogP contribution in [-0.2, 0) is 6.42 Å². The van der Waals surface area contributed by atoms with Crippen LogP contribution in [0.15, 0.2) is 6.33 Å². The number of hydrogen-bond acceptors (Lipinski definition) is 5. The van der Waals surface area contributed by atoms with Crippen LogP contribution in [0.4, 0.5) is 5.82 Å². The zero-order chi connectivity index (χ0) is 14.5. The summed E-state index contributed by atoms with van der Waals surface area (Å²) in [7, 11) is 5.97. The Morgan fingerprint density at radius 3 is 2.53 bits per heavy atom. The summed E-state index contributed by atoms with van der Waals surface area (Å²) in [5, 5.41) is 3.10. The molecule has 0 aliphatic rings. The van der Waals surface area contributed by atoms with E-state index in [0.717, 1.165) is 24.2 Å². The van der Waals surface area contributed by atoms with E-state index in [4.69, 9.17) is 4.74 Å². The van der Waals surface area contributed by atoms with Gasteiger partial charge in [0.2, 0.25) is 5.88 Å². The van der Waals surface area contributed by atoms with E-state index in [-0.39, 0.29) is 5.54 Å². The minimum Gasteiger partial charge on any atom is -0.475 e. The van der Waals surface area contributed by atoms with Gasteiger partial charge in [-0.05, 0) is 34.4 Å². The van der Waals surface area contributed by atoms with Gasteiger partial charge in [0.05, 0.1) is 5.56 Å². The molecule has 0 atom stereocenters. The third-order valence-corrected chi connectivity index (χ3v) is 3.42. The molecule has 108 valence electrons. The van der Waals surface area contributed by atoms with E-state index >= 15 is 0 Å². The van der Waals surface area contributed by atoms with Crippen LogP contribution < -0.4 is 10.1 Å². The standard InChI is InChI=1S/C14H26N4O/c1-7-8-11-12(15-4)16-10-17-13(11)19-9-14(2,3)18(5)6/h10H,7-9H2,1-6H3,(H,15,16,17). The molecule has 1 N–H and O–H groups in total. The molecule has 0 radical (unpaired) electrons. The van der Waals surface area contributed by atoms with Gasteiger partial charge in [-0.15, -0.1) is 0 Å². The van der Waals surface area contributed by atoms with E-state index in [9.17, 15) is 0 Å². The van der Waals surface area contributed by atoms with Gasteiger partial charge >= 0.3 is 0 Å². The van der Waals surface area contributed by atoms with Gasteiger partial charge in [0.15, 0.2) is 0 Å². The summed E-state index contributed by atoms with van der Waals surface area (Å²) >= 11 is 0. The molecule has 0 fully saturated rings. The molecule has 0 aliphatic carbocycles. The molecule has 0 aromatic carbocycles. The van der Waals surface area contributed by atoms with Crippen molar-refractivity contribution in [2.24, 2.45) is 0 Å². The lowest BCUT2D eigenvalue weighted by atomic mass is 10.1. The zero-order valence-electron chi connectivity index (χ0n) is 12.9. The van der Waals surface area contributed by atoms with Crippen LogP contribution in [0.2, 0.25) is 0 Å². The molecule has 0 unspecified atom stereocenters. The highest BCUT2D eigenvalue weighted by molar-refractivity contribution is 5.48. The lowest BCUT2D eigenvalue weighted by molar-refractivity contribution is 0.110. The van der Waals surface area contributed by atoms with Crippen LogP contribution in [0.3, 0.4) is 0 Å². The summed E-state index contributed by atoms with van der Waals surface area (Å²) in [6.07, 6.45) is 3.49. The van der Waals surface area contributed by atoms with Crippen molar-refractivity contribution in [3.05, 3.63) is 11.9 Å². The highest BCUT2D eigenvalue weighted by Crippen LogP contribution is 2.24. The molecule has 0 bridgehead atoms. The van der Waals surface area contributed by atoms with Crippen LogP contribution in [0.5, 0.6) is 5.88 Å². The Labute approximate surface area is 116 Å². The third kappa shape index (κ3) is 4.06. The second-order valence-electron chi connectivity index (χ2n) is 5.50. The fourth-order valence-electron chi connectivity index (χ4n) is 1.59. The molecular weight excluding hydrogens is 240 g/mol. The van der Waals surface area contributed by atoms with E-state index in [2.05, 4.69) is 55.1 Å². The molecule has 5 heteroatoms. The van der Waals surface area contributed by atoms with Crippen LogP contribution in [0, 0.1) is 0 Å². The normalized spacial score (nSPS) is 11.7. The Bertz CT molecular complexity index is 404. The average Bonchev–Trinajstić information content (AvgIpc) is 2.37. The topological polar surface area (TPSA) is 50.3 Å². The molecule has 0 amide bonds. The van der Waals surface area contributed by atoms with Crippen molar-refractivity contribution in [3.8, 4) is 5.88 Å². The summed E-state index contributed by atoms with van der Waals surface area (Å²) in [6.45, 7) is 7.02. The summed E-state index contributed by atoms with van der Waals surface area (Å²) in [5.41, 5.74) is 1.02. The lowest BCUT2D eigenvalue weighted by Gasteiger charge is -2.32. The van der Waals surface area contributed by atoms with Crippen molar-refractivity contribution >= 4 is 5.82 Å². The smallest absolute Gasteiger partial charge is 0.221 e. The van der Waals surface area contributed by atoms with E-state index in [1.807, 2.05) is 7.05 Å². The van der Waals surface area contributed by atoms with Crippen molar-refractivity contribution in [2.45, 2.75) is 39.2 Å². The number of likely N-dealkylation sites (N-methyl/N-ethyl adjacent to an activating group) is 1. The summed E-state index contributed by atoms with van der Waals surface area (Å²) in [4.78, 5) is 10.7. The number of hydrogen-bond donors (Lipinski definition) is 1. The molecule has 0 aliphatic heterocycles. The second kappa shape index (κ2) is 6.70. The van der Waals surface area contributed by atoms with Gasteiger partial charge in [-0.2, -0.15) is 0 Å². The first-order chi connectivity index (χ1) is 8.92. The fraction of sp³-hybridized carbons (Fsp3) is 0.714. The number of rotatable bonds is 7. The Hall–Kier alpha value is -1.36. The number of anilines is 1. The van der Waals surface area contributed by atoms with Gasteiger partial charge in [-0.25, -0.2) is 9.97 Å². The maximum Gasteiger partial charge on any atom is 0.221 e. The third-order valence-electron chi connectivity index (χ3n) is 3.42. The number of nitrogens with zero attached hydrogens (tertiary/aromatic N) is 3. The molecule has 0 saturated heterocycles.